The second-order valence-corrected chi connectivity index (χ2v) is 5.19. The largest absolute Gasteiger partial charge is 0.366 e. The molecular weight excluding hydrogens is 294 g/mol. The van der Waals surface area contributed by atoms with Crippen molar-refractivity contribution in [1.29, 1.82) is 0 Å². The van der Waals surface area contributed by atoms with Gasteiger partial charge in [-0.3, -0.25) is 10.1 Å². The molecule has 120 valence electrons. The van der Waals surface area contributed by atoms with Crippen molar-refractivity contribution in [2.75, 3.05) is 23.7 Å². The molecule has 2 rings (SSSR count). The Bertz CT molecular complexity index is 766. The first-order valence-electron chi connectivity index (χ1n) is 7.19. The molecule has 0 saturated carbocycles. The van der Waals surface area contributed by atoms with Crippen LogP contribution >= 0.6 is 0 Å². The Labute approximate surface area is 134 Å². The third-order valence-corrected chi connectivity index (χ3v) is 3.07. The van der Waals surface area contributed by atoms with Gasteiger partial charge in [0, 0.05) is 30.6 Å². The van der Waals surface area contributed by atoms with E-state index in [0.717, 1.165) is 0 Å². The van der Waals surface area contributed by atoms with Gasteiger partial charge in [-0.2, -0.15) is 4.98 Å². The van der Waals surface area contributed by atoms with Crippen LogP contribution in [0.1, 0.15) is 13.8 Å². The molecule has 0 bridgehead atoms. The van der Waals surface area contributed by atoms with Gasteiger partial charge >= 0.3 is 0 Å². The Morgan fingerprint density at radius 3 is 2.74 bits per heavy atom. The summed E-state index contributed by atoms with van der Waals surface area (Å²) in [5, 5.41) is 17.8. The minimum atomic E-state index is -0.427. The van der Waals surface area contributed by atoms with Gasteiger partial charge < -0.3 is 10.6 Å². The van der Waals surface area contributed by atoms with Gasteiger partial charge in [-0.05, 0) is 19.9 Å². The standard InChI is InChI=1S/C16H19N5O2/c1-4-8-18-16-19-14-6-5-12(21(22)23)10-13(14)15(20-16)17-9-7-11(2)3/h4-7,10H,1,8-9H2,2-3H3,(H2,17,18,19,20). The molecule has 0 fully saturated rings. The van der Waals surface area contributed by atoms with Crippen LogP contribution in [0.15, 0.2) is 42.5 Å². The van der Waals surface area contributed by atoms with Crippen molar-refractivity contribution in [3.05, 3.63) is 52.6 Å². The fourth-order valence-electron chi connectivity index (χ4n) is 1.96. The fraction of sp³-hybridized carbons (Fsp3) is 0.250. The average molecular weight is 313 g/mol. The molecule has 0 aliphatic heterocycles. The summed E-state index contributed by atoms with van der Waals surface area (Å²) in [6, 6.07) is 4.55. The van der Waals surface area contributed by atoms with E-state index in [-0.39, 0.29) is 5.69 Å². The summed E-state index contributed by atoms with van der Waals surface area (Å²) in [7, 11) is 0. The van der Waals surface area contributed by atoms with Gasteiger partial charge in [-0.1, -0.05) is 17.7 Å². The van der Waals surface area contributed by atoms with E-state index in [1.807, 2.05) is 19.9 Å². The Hall–Kier alpha value is -2.96. The summed E-state index contributed by atoms with van der Waals surface area (Å²) in [4.78, 5) is 19.3. The number of fused-ring (bicyclic) bond motifs is 1. The monoisotopic (exact) mass is 313 g/mol. The topological polar surface area (TPSA) is 93.0 Å². The Morgan fingerprint density at radius 2 is 2.09 bits per heavy atom. The van der Waals surface area contributed by atoms with E-state index in [9.17, 15) is 10.1 Å². The summed E-state index contributed by atoms with van der Waals surface area (Å²) in [5.41, 5.74) is 1.82. The number of nitro benzene ring substituents is 1. The zero-order valence-electron chi connectivity index (χ0n) is 13.2. The van der Waals surface area contributed by atoms with Crippen LogP contribution in [0.4, 0.5) is 17.5 Å². The normalized spacial score (nSPS) is 10.2. The van der Waals surface area contributed by atoms with Crippen molar-refractivity contribution in [1.82, 2.24) is 9.97 Å². The number of nitrogens with zero attached hydrogens (tertiary/aromatic N) is 3. The van der Waals surface area contributed by atoms with Gasteiger partial charge in [-0.15, -0.1) is 6.58 Å². The molecule has 1 heterocycles. The van der Waals surface area contributed by atoms with Crippen molar-refractivity contribution >= 4 is 28.4 Å². The summed E-state index contributed by atoms with van der Waals surface area (Å²) in [6.07, 6.45) is 3.72. The number of aromatic nitrogens is 2. The van der Waals surface area contributed by atoms with Crippen molar-refractivity contribution in [2.24, 2.45) is 0 Å². The average Bonchev–Trinajstić information content (AvgIpc) is 2.52. The van der Waals surface area contributed by atoms with Crippen LogP contribution in [-0.4, -0.2) is 28.0 Å². The smallest absolute Gasteiger partial charge is 0.270 e. The third kappa shape index (κ3) is 4.26. The second kappa shape index (κ2) is 7.35. The number of nitro groups is 1. The van der Waals surface area contributed by atoms with Gasteiger partial charge in [0.15, 0.2) is 0 Å². The van der Waals surface area contributed by atoms with E-state index in [1.54, 1.807) is 12.1 Å². The van der Waals surface area contributed by atoms with Crippen LogP contribution in [0.25, 0.3) is 10.9 Å². The third-order valence-electron chi connectivity index (χ3n) is 3.07. The molecular formula is C16H19N5O2. The molecule has 7 heteroatoms. The number of benzene rings is 1. The van der Waals surface area contributed by atoms with E-state index in [1.165, 1.54) is 17.7 Å². The molecule has 7 nitrogen and oxygen atoms in total. The first-order valence-corrected chi connectivity index (χ1v) is 7.19. The first kappa shape index (κ1) is 16.4. The molecule has 1 aromatic heterocycles. The lowest BCUT2D eigenvalue weighted by molar-refractivity contribution is -0.384. The number of non-ortho nitro benzene ring substituents is 1. The van der Waals surface area contributed by atoms with Gasteiger partial charge in [0.1, 0.15) is 5.82 Å². The molecule has 2 aromatic rings. The quantitative estimate of drug-likeness (QED) is 0.461. The molecule has 23 heavy (non-hydrogen) atoms. The Balaban J connectivity index is 2.47. The van der Waals surface area contributed by atoms with Crippen LogP contribution in [-0.2, 0) is 0 Å². The lowest BCUT2D eigenvalue weighted by Gasteiger charge is -2.10. The van der Waals surface area contributed by atoms with E-state index >= 15 is 0 Å². The van der Waals surface area contributed by atoms with Crippen LogP contribution in [0.2, 0.25) is 0 Å². The zero-order valence-corrected chi connectivity index (χ0v) is 13.2. The molecule has 0 spiro atoms. The highest BCUT2D eigenvalue weighted by atomic mass is 16.6. The highest BCUT2D eigenvalue weighted by Gasteiger charge is 2.12. The summed E-state index contributed by atoms with van der Waals surface area (Å²) >= 11 is 0. The number of hydrogen-bond acceptors (Lipinski definition) is 6. The lowest BCUT2D eigenvalue weighted by atomic mass is 10.2. The fourth-order valence-corrected chi connectivity index (χ4v) is 1.96. The van der Waals surface area contributed by atoms with Crippen molar-refractivity contribution in [2.45, 2.75) is 13.8 Å². The summed E-state index contributed by atoms with van der Waals surface area (Å²) in [6.45, 7) is 8.76. The molecule has 0 saturated heterocycles. The van der Waals surface area contributed by atoms with Crippen LogP contribution in [0.5, 0.6) is 0 Å². The molecule has 0 amide bonds. The SMILES string of the molecule is C=CCNc1nc(NCC=C(C)C)c2cc([N+](=O)[O-])ccc2n1. The van der Waals surface area contributed by atoms with E-state index in [4.69, 9.17) is 0 Å². The van der Waals surface area contributed by atoms with Crippen molar-refractivity contribution in [3.8, 4) is 0 Å². The summed E-state index contributed by atoms with van der Waals surface area (Å²) < 4.78 is 0. The highest BCUT2D eigenvalue weighted by molar-refractivity contribution is 5.91. The molecule has 0 atom stereocenters. The van der Waals surface area contributed by atoms with Gasteiger partial charge in [-0.25, -0.2) is 4.98 Å². The highest BCUT2D eigenvalue weighted by Crippen LogP contribution is 2.26. The predicted molar refractivity (Wildman–Crippen MR) is 92.8 cm³/mol. The maximum atomic E-state index is 11.0. The van der Waals surface area contributed by atoms with Gasteiger partial charge in [0.25, 0.3) is 5.69 Å². The van der Waals surface area contributed by atoms with E-state index in [2.05, 4.69) is 27.2 Å². The molecule has 0 aliphatic carbocycles. The van der Waals surface area contributed by atoms with Crippen LogP contribution < -0.4 is 10.6 Å². The Kier molecular flexibility index (Phi) is 5.24. The second-order valence-electron chi connectivity index (χ2n) is 5.19. The lowest BCUT2D eigenvalue weighted by Crippen LogP contribution is -2.08. The maximum Gasteiger partial charge on any atom is 0.270 e. The maximum absolute atomic E-state index is 11.0. The minimum Gasteiger partial charge on any atom is -0.366 e. The zero-order chi connectivity index (χ0) is 16.8. The van der Waals surface area contributed by atoms with Gasteiger partial charge in [0.05, 0.1) is 10.4 Å². The van der Waals surface area contributed by atoms with Crippen LogP contribution in [0, 0.1) is 10.1 Å². The van der Waals surface area contributed by atoms with E-state index < -0.39 is 4.92 Å². The first-order chi connectivity index (χ1) is 11.0. The molecule has 0 aliphatic rings. The van der Waals surface area contributed by atoms with Gasteiger partial charge in [0.2, 0.25) is 5.95 Å². The molecule has 0 unspecified atom stereocenters. The number of anilines is 2. The van der Waals surface area contributed by atoms with E-state index in [0.29, 0.717) is 35.8 Å². The number of rotatable bonds is 7. The number of hydrogen-bond donors (Lipinski definition) is 2. The predicted octanol–water partition coefficient (Wildman–Crippen LogP) is 3.51. The number of allylic oxidation sites excluding steroid dienone is 1. The minimum absolute atomic E-state index is 0.0122. The summed E-state index contributed by atoms with van der Waals surface area (Å²) in [5.74, 6) is 1.01. The molecule has 2 N–H and O–H groups in total. The van der Waals surface area contributed by atoms with Crippen molar-refractivity contribution in [3.63, 3.8) is 0 Å². The van der Waals surface area contributed by atoms with Crippen LogP contribution in [0.3, 0.4) is 0 Å². The number of nitrogens with one attached hydrogen (secondary N) is 2. The van der Waals surface area contributed by atoms with Crippen molar-refractivity contribution < 1.29 is 4.92 Å². The molecule has 1 aromatic carbocycles. The Morgan fingerprint density at radius 1 is 1.30 bits per heavy atom. The molecule has 0 radical (unpaired) electrons.